The van der Waals surface area contributed by atoms with Crippen LogP contribution in [0.5, 0.6) is 0 Å². The number of aliphatic hydroxyl groups is 1. The van der Waals surface area contributed by atoms with Gasteiger partial charge in [0.25, 0.3) is 0 Å². The Morgan fingerprint density at radius 1 is 1.35 bits per heavy atom. The first kappa shape index (κ1) is 12.2. The molecule has 17 heavy (non-hydrogen) atoms. The van der Waals surface area contributed by atoms with E-state index in [1.807, 2.05) is 0 Å². The lowest BCUT2D eigenvalue weighted by Crippen LogP contribution is -2.04. The van der Waals surface area contributed by atoms with Crippen molar-refractivity contribution in [1.29, 1.82) is 0 Å². The molecule has 0 bridgehead atoms. The highest BCUT2D eigenvalue weighted by Crippen LogP contribution is 2.30. The van der Waals surface area contributed by atoms with Gasteiger partial charge in [-0.1, -0.05) is 29.3 Å². The lowest BCUT2D eigenvalue weighted by Gasteiger charge is -2.11. The molecule has 1 aromatic heterocycles. The number of rotatable bonds is 2. The van der Waals surface area contributed by atoms with Gasteiger partial charge in [0, 0.05) is 12.6 Å². The highest BCUT2D eigenvalue weighted by molar-refractivity contribution is 6.42. The molecular formula is C11H11Cl2N3O. The zero-order valence-corrected chi connectivity index (χ0v) is 10.6. The third-order valence-electron chi connectivity index (χ3n) is 2.57. The molecule has 1 atom stereocenters. The number of nitrogen functional groups attached to an aromatic ring is 1. The molecule has 0 spiro atoms. The predicted octanol–water partition coefficient (Wildman–Crippen LogP) is 2.39. The maximum Gasteiger partial charge on any atom is 0.127 e. The van der Waals surface area contributed by atoms with Crippen molar-refractivity contribution in [3.05, 3.63) is 45.6 Å². The van der Waals surface area contributed by atoms with Crippen LogP contribution in [0.1, 0.15) is 17.2 Å². The lowest BCUT2D eigenvalue weighted by molar-refractivity contribution is 0.221. The number of hydrogen-bond acceptors (Lipinski definition) is 3. The molecule has 0 fully saturated rings. The number of hydrogen-bond donors (Lipinski definition) is 2. The molecule has 90 valence electrons. The van der Waals surface area contributed by atoms with Crippen LogP contribution in [0.2, 0.25) is 10.0 Å². The molecule has 2 aromatic rings. The van der Waals surface area contributed by atoms with Gasteiger partial charge in [0.15, 0.2) is 0 Å². The SMILES string of the molecule is Cn1ncc(C(O)c2ccc(Cl)c(Cl)c2)c1N. The molecule has 6 heteroatoms. The van der Waals surface area contributed by atoms with Crippen molar-refractivity contribution in [3.63, 3.8) is 0 Å². The van der Waals surface area contributed by atoms with Crippen molar-refractivity contribution < 1.29 is 5.11 Å². The third kappa shape index (κ3) is 2.24. The Bertz CT molecular complexity index is 554. The number of aliphatic hydroxyl groups excluding tert-OH is 1. The van der Waals surface area contributed by atoms with E-state index in [-0.39, 0.29) is 0 Å². The minimum Gasteiger partial charge on any atom is -0.384 e. The van der Waals surface area contributed by atoms with Gasteiger partial charge >= 0.3 is 0 Å². The van der Waals surface area contributed by atoms with Crippen LogP contribution in [-0.2, 0) is 7.05 Å². The molecule has 1 heterocycles. The van der Waals surface area contributed by atoms with E-state index in [1.165, 1.54) is 10.9 Å². The zero-order valence-electron chi connectivity index (χ0n) is 9.06. The molecule has 0 aliphatic heterocycles. The van der Waals surface area contributed by atoms with E-state index >= 15 is 0 Å². The van der Waals surface area contributed by atoms with Crippen LogP contribution in [0, 0.1) is 0 Å². The summed E-state index contributed by atoms with van der Waals surface area (Å²) in [6.45, 7) is 0. The highest BCUT2D eigenvalue weighted by atomic mass is 35.5. The second-order valence-corrected chi connectivity index (χ2v) is 4.50. The van der Waals surface area contributed by atoms with E-state index in [1.54, 1.807) is 25.2 Å². The van der Waals surface area contributed by atoms with Gasteiger partial charge in [-0.25, -0.2) is 0 Å². The quantitative estimate of drug-likeness (QED) is 0.882. The first-order chi connectivity index (χ1) is 8.00. The second-order valence-electron chi connectivity index (χ2n) is 3.68. The van der Waals surface area contributed by atoms with Crippen molar-refractivity contribution in [1.82, 2.24) is 9.78 Å². The molecule has 1 aromatic carbocycles. The molecular weight excluding hydrogens is 261 g/mol. The molecule has 1 unspecified atom stereocenters. The largest absolute Gasteiger partial charge is 0.384 e. The van der Waals surface area contributed by atoms with Crippen LogP contribution in [0.25, 0.3) is 0 Å². The number of aryl methyl sites for hydroxylation is 1. The Balaban J connectivity index is 2.40. The molecule has 0 radical (unpaired) electrons. The summed E-state index contributed by atoms with van der Waals surface area (Å²) in [4.78, 5) is 0. The van der Waals surface area contributed by atoms with Crippen molar-refractivity contribution in [3.8, 4) is 0 Å². The Morgan fingerprint density at radius 3 is 2.59 bits per heavy atom. The summed E-state index contributed by atoms with van der Waals surface area (Å²) >= 11 is 11.7. The van der Waals surface area contributed by atoms with E-state index < -0.39 is 6.10 Å². The van der Waals surface area contributed by atoms with E-state index in [4.69, 9.17) is 28.9 Å². The molecule has 0 aliphatic rings. The Morgan fingerprint density at radius 2 is 2.06 bits per heavy atom. The summed E-state index contributed by atoms with van der Waals surface area (Å²) in [5.74, 6) is 0.420. The van der Waals surface area contributed by atoms with Gasteiger partial charge in [-0.3, -0.25) is 4.68 Å². The molecule has 0 amide bonds. The maximum atomic E-state index is 10.2. The minimum atomic E-state index is -0.863. The number of halogens is 2. The van der Waals surface area contributed by atoms with Gasteiger partial charge in [-0.2, -0.15) is 5.10 Å². The minimum absolute atomic E-state index is 0.394. The normalized spacial score (nSPS) is 12.7. The van der Waals surface area contributed by atoms with Gasteiger partial charge in [-0.05, 0) is 17.7 Å². The Hall–Kier alpha value is -1.23. The number of anilines is 1. The van der Waals surface area contributed by atoms with Crippen molar-refractivity contribution >= 4 is 29.0 Å². The highest BCUT2D eigenvalue weighted by Gasteiger charge is 2.17. The summed E-state index contributed by atoms with van der Waals surface area (Å²) in [6.07, 6.45) is 0.668. The molecule has 0 aliphatic carbocycles. The first-order valence-corrected chi connectivity index (χ1v) is 5.66. The summed E-state index contributed by atoms with van der Waals surface area (Å²) in [5.41, 5.74) is 6.96. The number of aromatic nitrogens is 2. The van der Waals surface area contributed by atoms with Gasteiger partial charge < -0.3 is 10.8 Å². The smallest absolute Gasteiger partial charge is 0.127 e. The van der Waals surface area contributed by atoms with Crippen LogP contribution < -0.4 is 5.73 Å². The molecule has 3 N–H and O–H groups in total. The summed E-state index contributed by atoms with van der Waals surface area (Å²) < 4.78 is 1.50. The number of nitrogens with zero attached hydrogens (tertiary/aromatic N) is 2. The van der Waals surface area contributed by atoms with Crippen LogP contribution in [-0.4, -0.2) is 14.9 Å². The van der Waals surface area contributed by atoms with Crippen LogP contribution in [0.3, 0.4) is 0 Å². The van der Waals surface area contributed by atoms with Crippen LogP contribution in [0.4, 0.5) is 5.82 Å². The first-order valence-electron chi connectivity index (χ1n) is 4.91. The van der Waals surface area contributed by atoms with Gasteiger partial charge in [-0.15, -0.1) is 0 Å². The molecule has 2 rings (SSSR count). The van der Waals surface area contributed by atoms with Crippen molar-refractivity contribution in [2.24, 2.45) is 7.05 Å². The fourth-order valence-electron chi connectivity index (χ4n) is 1.54. The van der Waals surface area contributed by atoms with E-state index in [0.717, 1.165) is 0 Å². The molecule has 4 nitrogen and oxygen atoms in total. The second kappa shape index (κ2) is 4.56. The van der Waals surface area contributed by atoms with Crippen LogP contribution >= 0.6 is 23.2 Å². The lowest BCUT2D eigenvalue weighted by atomic mass is 10.0. The molecule has 0 saturated heterocycles. The number of benzene rings is 1. The standard InChI is InChI=1S/C11H11Cl2N3O/c1-16-11(14)7(5-15-16)10(17)6-2-3-8(12)9(13)4-6/h2-5,10,17H,14H2,1H3. The fourth-order valence-corrected chi connectivity index (χ4v) is 1.84. The van der Waals surface area contributed by atoms with Crippen molar-refractivity contribution in [2.75, 3.05) is 5.73 Å². The van der Waals surface area contributed by atoms with E-state index in [9.17, 15) is 5.11 Å². The van der Waals surface area contributed by atoms with Crippen molar-refractivity contribution in [2.45, 2.75) is 6.10 Å². The van der Waals surface area contributed by atoms with E-state index in [0.29, 0.717) is 27.0 Å². The number of nitrogens with two attached hydrogens (primary N) is 1. The molecule has 0 saturated carbocycles. The Labute approximate surface area is 109 Å². The van der Waals surface area contributed by atoms with Gasteiger partial charge in [0.1, 0.15) is 11.9 Å². The maximum absolute atomic E-state index is 10.2. The third-order valence-corrected chi connectivity index (χ3v) is 3.31. The average molecular weight is 272 g/mol. The van der Waals surface area contributed by atoms with Gasteiger partial charge in [0.2, 0.25) is 0 Å². The fraction of sp³-hybridized carbons (Fsp3) is 0.182. The predicted molar refractivity (Wildman–Crippen MR) is 68.1 cm³/mol. The Kier molecular flexibility index (Phi) is 3.28. The zero-order chi connectivity index (χ0) is 12.6. The summed E-state index contributed by atoms with van der Waals surface area (Å²) in [7, 11) is 1.71. The summed E-state index contributed by atoms with van der Waals surface area (Å²) in [5, 5.41) is 15.0. The average Bonchev–Trinajstić information content (AvgIpc) is 2.63. The topological polar surface area (TPSA) is 64.1 Å². The van der Waals surface area contributed by atoms with Gasteiger partial charge in [0.05, 0.1) is 16.2 Å². The monoisotopic (exact) mass is 271 g/mol. The summed E-state index contributed by atoms with van der Waals surface area (Å²) in [6, 6.07) is 4.95. The van der Waals surface area contributed by atoms with Crippen LogP contribution in [0.15, 0.2) is 24.4 Å². The van der Waals surface area contributed by atoms with E-state index in [2.05, 4.69) is 5.10 Å².